The predicted octanol–water partition coefficient (Wildman–Crippen LogP) is 2.61. The van der Waals surface area contributed by atoms with Crippen LogP contribution in [0, 0.1) is 6.92 Å². The van der Waals surface area contributed by atoms with E-state index >= 15 is 0 Å². The second-order valence-electron chi connectivity index (χ2n) is 4.20. The highest BCUT2D eigenvalue weighted by Crippen LogP contribution is 2.10. The number of carboxylic acid groups (broad SMARTS) is 1. The molecule has 0 atom stereocenters. The Morgan fingerprint density at radius 1 is 1.15 bits per heavy atom. The summed E-state index contributed by atoms with van der Waals surface area (Å²) in [5, 5.41) is 14.0. The zero-order valence-corrected chi connectivity index (χ0v) is 10.8. The van der Waals surface area contributed by atoms with Gasteiger partial charge in [0.1, 0.15) is 11.5 Å². The van der Waals surface area contributed by atoms with Crippen molar-refractivity contribution in [3.63, 3.8) is 0 Å². The molecule has 104 valence electrons. The molecule has 1 aromatic carbocycles. The van der Waals surface area contributed by atoms with Crippen molar-refractivity contribution in [2.75, 3.05) is 5.32 Å². The molecule has 2 aromatic rings. The number of carboxylic acids is 1. The number of benzene rings is 1. The number of carbonyl (C=O) groups is 2. The van der Waals surface area contributed by atoms with Crippen LogP contribution in [0.4, 0.5) is 10.5 Å². The van der Waals surface area contributed by atoms with Crippen molar-refractivity contribution in [1.29, 1.82) is 0 Å². The molecule has 0 fully saturated rings. The molecular weight excluding hydrogens is 260 g/mol. The average molecular weight is 274 g/mol. The Labute approximate surface area is 115 Å². The SMILES string of the molecule is Cc1ccc(CNC(=O)Nc2ccc(C(=O)O)cc2)o1. The molecule has 0 saturated heterocycles. The van der Waals surface area contributed by atoms with Crippen LogP contribution in [0.15, 0.2) is 40.8 Å². The third-order valence-corrected chi connectivity index (χ3v) is 2.61. The Hall–Kier alpha value is -2.76. The van der Waals surface area contributed by atoms with Gasteiger partial charge in [0.05, 0.1) is 12.1 Å². The largest absolute Gasteiger partial charge is 0.478 e. The van der Waals surface area contributed by atoms with Crippen molar-refractivity contribution in [2.45, 2.75) is 13.5 Å². The van der Waals surface area contributed by atoms with Gasteiger partial charge in [-0.15, -0.1) is 0 Å². The lowest BCUT2D eigenvalue weighted by Gasteiger charge is -2.06. The standard InChI is InChI=1S/C14H14N2O4/c1-9-2-7-12(20-9)8-15-14(19)16-11-5-3-10(4-6-11)13(17)18/h2-7H,8H2,1H3,(H,17,18)(H2,15,16,19). The van der Waals surface area contributed by atoms with Crippen LogP contribution < -0.4 is 10.6 Å². The molecular formula is C14H14N2O4. The summed E-state index contributed by atoms with van der Waals surface area (Å²) in [6.07, 6.45) is 0. The minimum atomic E-state index is -1.01. The number of amides is 2. The zero-order valence-electron chi connectivity index (χ0n) is 10.8. The van der Waals surface area contributed by atoms with Crippen LogP contribution in [0.5, 0.6) is 0 Å². The van der Waals surface area contributed by atoms with Crippen molar-refractivity contribution in [3.8, 4) is 0 Å². The normalized spacial score (nSPS) is 10.1. The number of nitrogens with one attached hydrogen (secondary N) is 2. The summed E-state index contributed by atoms with van der Waals surface area (Å²) < 4.78 is 5.32. The third kappa shape index (κ3) is 3.61. The summed E-state index contributed by atoms with van der Waals surface area (Å²) in [6.45, 7) is 2.11. The fraction of sp³-hybridized carbons (Fsp3) is 0.143. The number of urea groups is 1. The molecule has 1 heterocycles. The van der Waals surface area contributed by atoms with E-state index in [2.05, 4.69) is 10.6 Å². The second kappa shape index (κ2) is 5.92. The quantitative estimate of drug-likeness (QED) is 0.799. The molecule has 2 rings (SSSR count). The number of hydrogen-bond acceptors (Lipinski definition) is 3. The molecule has 0 unspecified atom stereocenters. The van der Waals surface area contributed by atoms with E-state index in [1.54, 1.807) is 6.07 Å². The van der Waals surface area contributed by atoms with E-state index in [0.29, 0.717) is 11.4 Å². The van der Waals surface area contributed by atoms with Gasteiger partial charge in [-0.25, -0.2) is 9.59 Å². The molecule has 6 nitrogen and oxygen atoms in total. The van der Waals surface area contributed by atoms with E-state index in [1.165, 1.54) is 24.3 Å². The second-order valence-corrected chi connectivity index (χ2v) is 4.20. The van der Waals surface area contributed by atoms with Crippen LogP contribution in [-0.4, -0.2) is 17.1 Å². The van der Waals surface area contributed by atoms with Gasteiger partial charge in [0, 0.05) is 5.69 Å². The van der Waals surface area contributed by atoms with E-state index in [4.69, 9.17) is 9.52 Å². The maximum atomic E-state index is 11.6. The Balaban J connectivity index is 1.86. The molecule has 1 aromatic heterocycles. The highest BCUT2D eigenvalue weighted by atomic mass is 16.4. The molecule has 0 aliphatic heterocycles. The first-order valence-electron chi connectivity index (χ1n) is 5.98. The minimum Gasteiger partial charge on any atom is -0.478 e. The molecule has 3 N–H and O–H groups in total. The van der Waals surface area contributed by atoms with Gasteiger partial charge in [-0.3, -0.25) is 0 Å². The van der Waals surface area contributed by atoms with E-state index in [-0.39, 0.29) is 18.1 Å². The van der Waals surface area contributed by atoms with Crippen LogP contribution in [0.1, 0.15) is 21.9 Å². The van der Waals surface area contributed by atoms with Gasteiger partial charge in [0.25, 0.3) is 0 Å². The molecule has 20 heavy (non-hydrogen) atoms. The fourth-order valence-corrected chi connectivity index (χ4v) is 1.62. The van der Waals surface area contributed by atoms with E-state index in [9.17, 15) is 9.59 Å². The van der Waals surface area contributed by atoms with Gasteiger partial charge in [-0.2, -0.15) is 0 Å². The first kappa shape index (κ1) is 13.7. The fourth-order valence-electron chi connectivity index (χ4n) is 1.62. The van der Waals surface area contributed by atoms with Crippen LogP contribution in [-0.2, 0) is 6.54 Å². The van der Waals surface area contributed by atoms with Crippen LogP contribution in [0.25, 0.3) is 0 Å². The molecule has 0 radical (unpaired) electrons. The summed E-state index contributed by atoms with van der Waals surface area (Å²) in [6, 6.07) is 9.13. The minimum absolute atomic E-state index is 0.169. The third-order valence-electron chi connectivity index (χ3n) is 2.61. The van der Waals surface area contributed by atoms with E-state index < -0.39 is 5.97 Å². The lowest BCUT2D eigenvalue weighted by atomic mass is 10.2. The Kier molecular flexibility index (Phi) is 4.05. The van der Waals surface area contributed by atoms with Crippen molar-refractivity contribution in [3.05, 3.63) is 53.5 Å². The maximum absolute atomic E-state index is 11.6. The van der Waals surface area contributed by atoms with Crippen molar-refractivity contribution >= 4 is 17.7 Å². The molecule has 0 saturated carbocycles. The van der Waals surface area contributed by atoms with Gasteiger partial charge in [0.15, 0.2) is 0 Å². The summed E-state index contributed by atoms with van der Waals surface area (Å²) in [5.41, 5.74) is 0.685. The molecule has 2 amide bonds. The van der Waals surface area contributed by atoms with Gasteiger partial charge >= 0.3 is 12.0 Å². The first-order valence-corrected chi connectivity index (χ1v) is 5.98. The highest BCUT2D eigenvalue weighted by molar-refractivity contribution is 5.91. The van der Waals surface area contributed by atoms with E-state index in [1.807, 2.05) is 13.0 Å². The van der Waals surface area contributed by atoms with E-state index in [0.717, 1.165) is 5.76 Å². The number of hydrogen-bond donors (Lipinski definition) is 3. The van der Waals surface area contributed by atoms with Crippen LogP contribution in [0.3, 0.4) is 0 Å². The topological polar surface area (TPSA) is 91.6 Å². The molecule has 6 heteroatoms. The van der Waals surface area contributed by atoms with Gasteiger partial charge in [0.2, 0.25) is 0 Å². The zero-order chi connectivity index (χ0) is 14.5. The van der Waals surface area contributed by atoms with Gasteiger partial charge < -0.3 is 20.2 Å². The Morgan fingerprint density at radius 3 is 2.40 bits per heavy atom. The summed E-state index contributed by atoms with van der Waals surface area (Å²) in [7, 11) is 0. The molecule has 0 aliphatic rings. The molecule has 0 spiro atoms. The monoisotopic (exact) mass is 274 g/mol. The molecule has 0 aliphatic carbocycles. The number of rotatable bonds is 4. The number of anilines is 1. The van der Waals surface area contributed by atoms with Gasteiger partial charge in [-0.1, -0.05) is 0 Å². The smallest absolute Gasteiger partial charge is 0.335 e. The van der Waals surface area contributed by atoms with Gasteiger partial charge in [-0.05, 0) is 43.3 Å². The van der Waals surface area contributed by atoms with Crippen molar-refractivity contribution in [1.82, 2.24) is 5.32 Å². The van der Waals surface area contributed by atoms with Crippen LogP contribution in [0.2, 0.25) is 0 Å². The van der Waals surface area contributed by atoms with Crippen LogP contribution >= 0.6 is 0 Å². The predicted molar refractivity (Wildman–Crippen MR) is 72.7 cm³/mol. The summed E-state index contributed by atoms with van der Waals surface area (Å²) in [4.78, 5) is 22.3. The van der Waals surface area contributed by atoms with Crippen molar-refractivity contribution in [2.24, 2.45) is 0 Å². The highest BCUT2D eigenvalue weighted by Gasteiger charge is 2.05. The number of furan rings is 1. The Bertz CT molecular complexity index is 616. The summed E-state index contributed by atoms with van der Waals surface area (Å²) in [5.74, 6) is 0.444. The molecule has 0 bridgehead atoms. The first-order chi connectivity index (χ1) is 9.54. The number of carbonyl (C=O) groups excluding carboxylic acids is 1. The average Bonchev–Trinajstić information content (AvgIpc) is 2.83. The maximum Gasteiger partial charge on any atom is 0.335 e. The Morgan fingerprint density at radius 2 is 1.85 bits per heavy atom. The summed E-state index contributed by atoms with van der Waals surface area (Å²) >= 11 is 0. The van der Waals surface area contributed by atoms with Crippen molar-refractivity contribution < 1.29 is 19.1 Å². The lowest BCUT2D eigenvalue weighted by Crippen LogP contribution is -2.27. The lowest BCUT2D eigenvalue weighted by molar-refractivity contribution is 0.0697. The number of aromatic carboxylic acids is 1. The number of aryl methyl sites for hydroxylation is 1.